The van der Waals surface area contributed by atoms with E-state index in [1.54, 1.807) is 11.8 Å². The number of amides is 1. The molecule has 1 unspecified atom stereocenters. The number of thioether (sulfide) groups is 1. The van der Waals surface area contributed by atoms with Crippen LogP contribution in [-0.2, 0) is 4.79 Å². The van der Waals surface area contributed by atoms with Gasteiger partial charge in [-0.1, -0.05) is 62.7 Å². The number of rotatable bonds is 13. The number of aromatic nitrogens is 3. The van der Waals surface area contributed by atoms with Gasteiger partial charge in [0.2, 0.25) is 11.1 Å². The number of carbonyl (C=O) groups is 1. The zero-order chi connectivity index (χ0) is 26.9. The number of benzene rings is 2. The van der Waals surface area contributed by atoms with Crippen molar-refractivity contribution in [3.63, 3.8) is 0 Å². The highest BCUT2D eigenvalue weighted by atomic mass is 32.2. The normalized spacial score (nSPS) is 14.6. The van der Waals surface area contributed by atoms with Crippen molar-refractivity contribution in [2.45, 2.75) is 64.6 Å². The molecule has 1 aliphatic heterocycles. The number of anilines is 2. The third-order valence-electron chi connectivity index (χ3n) is 6.18. The summed E-state index contributed by atoms with van der Waals surface area (Å²) in [5.41, 5.74) is 2.81. The smallest absolute Gasteiger partial charge is 0.255 e. The van der Waals surface area contributed by atoms with Crippen molar-refractivity contribution in [1.29, 1.82) is 0 Å². The minimum Gasteiger partial charge on any atom is -0.494 e. The van der Waals surface area contributed by atoms with E-state index in [0.717, 1.165) is 48.4 Å². The maximum atomic E-state index is 13.9. The number of nitrogens with zero attached hydrogens (tertiary/aromatic N) is 3. The van der Waals surface area contributed by atoms with E-state index in [2.05, 4.69) is 24.5 Å². The summed E-state index contributed by atoms with van der Waals surface area (Å²) in [5.74, 6) is 2.73. The SMILES string of the molecule is CCCCOc1cccc(C2C(C(=O)Nc3ccccc3OCC)=C(C)Nc3nc(SCCCC)nn32)c1. The van der Waals surface area contributed by atoms with Gasteiger partial charge in [0.25, 0.3) is 5.91 Å². The summed E-state index contributed by atoms with van der Waals surface area (Å²) >= 11 is 1.63. The molecule has 2 heterocycles. The summed E-state index contributed by atoms with van der Waals surface area (Å²) in [7, 11) is 0. The molecule has 1 atom stereocenters. The third kappa shape index (κ3) is 6.51. The monoisotopic (exact) mass is 535 g/mol. The molecule has 4 rings (SSSR count). The summed E-state index contributed by atoms with van der Waals surface area (Å²) in [4.78, 5) is 18.6. The van der Waals surface area contributed by atoms with Crippen LogP contribution in [0.2, 0.25) is 0 Å². The first-order valence-corrected chi connectivity index (χ1v) is 14.4. The quantitative estimate of drug-likeness (QED) is 0.186. The number of carbonyl (C=O) groups excluding carboxylic acids is 1. The highest BCUT2D eigenvalue weighted by Gasteiger charge is 2.35. The maximum Gasteiger partial charge on any atom is 0.255 e. The molecule has 1 amide bonds. The largest absolute Gasteiger partial charge is 0.494 e. The molecule has 3 aromatic rings. The molecule has 0 fully saturated rings. The second kappa shape index (κ2) is 13.4. The van der Waals surface area contributed by atoms with Crippen molar-refractivity contribution < 1.29 is 14.3 Å². The van der Waals surface area contributed by atoms with Gasteiger partial charge in [-0.05, 0) is 56.5 Å². The number of fused-ring (bicyclic) bond motifs is 1. The molecule has 202 valence electrons. The van der Waals surface area contributed by atoms with Crippen LogP contribution in [0.3, 0.4) is 0 Å². The molecule has 0 bridgehead atoms. The minimum absolute atomic E-state index is 0.231. The Kier molecular flexibility index (Phi) is 9.70. The van der Waals surface area contributed by atoms with Crippen LogP contribution < -0.4 is 20.1 Å². The number of unbranched alkanes of at least 4 members (excludes halogenated alkanes) is 2. The molecule has 2 aromatic carbocycles. The van der Waals surface area contributed by atoms with Gasteiger partial charge in [0.05, 0.1) is 24.5 Å². The fourth-order valence-electron chi connectivity index (χ4n) is 4.25. The van der Waals surface area contributed by atoms with Crippen molar-refractivity contribution >= 4 is 29.3 Å². The van der Waals surface area contributed by atoms with Crippen molar-refractivity contribution in [3.8, 4) is 11.5 Å². The molecular formula is C29H37N5O3S. The minimum atomic E-state index is -0.478. The fraction of sp³-hybridized carbons (Fsp3) is 0.414. The number of hydrogen-bond acceptors (Lipinski definition) is 7. The van der Waals surface area contributed by atoms with E-state index < -0.39 is 6.04 Å². The van der Waals surface area contributed by atoms with Crippen LogP contribution in [0.4, 0.5) is 11.6 Å². The maximum absolute atomic E-state index is 13.9. The van der Waals surface area contributed by atoms with E-state index in [1.165, 1.54) is 0 Å². The summed E-state index contributed by atoms with van der Waals surface area (Å²) in [6, 6.07) is 14.9. The molecule has 38 heavy (non-hydrogen) atoms. The first-order chi connectivity index (χ1) is 18.5. The van der Waals surface area contributed by atoms with Crippen molar-refractivity contribution in [2.75, 3.05) is 29.6 Å². The lowest BCUT2D eigenvalue weighted by molar-refractivity contribution is -0.113. The van der Waals surface area contributed by atoms with Crippen LogP contribution in [0.25, 0.3) is 0 Å². The van der Waals surface area contributed by atoms with E-state index in [9.17, 15) is 4.79 Å². The topological polar surface area (TPSA) is 90.3 Å². The average molecular weight is 536 g/mol. The Labute approximate surface area is 229 Å². The molecule has 2 N–H and O–H groups in total. The summed E-state index contributed by atoms with van der Waals surface area (Å²) in [5, 5.41) is 11.9. The van der Waals surface area contributed by atoms with E-state index in [-0.39, 0.29) is 5.91 Å². The molecule has 0 saturated heterocycles. The van der Waals surface area contributed by atoms with Crippen molar-refractivity contribution in [3.05, 3.63) is 65.4 Å². The molecule has 9 heteroatoms. The second-order valence-electron chi connectivity index (χ2n) is 9.09. The second-order valence-corrected chi connectivity index (χ2v) is 10.2. The van der Waals surface area contributed by atoms with Crippen LogP contribution in [0.1, 0.15) is 65.0 Å². The first-order valence-electron chi connectivity index (χ1n) is 13.4. The molecule has 8 nitrogen and oxygen atoms in total. The molecule has 1 aliphatic rings. The first kappa shape index (κ1) is 27.6. The third-order valence-corrected chi connectivity index (χ3v) is 7.11. The molecule has 0 radical (unpaired) electrons. The Balaban J connectivity index is 1.72. The summed E-state index contributed by atoms with van der Waals surface area (Å²) in [6.45, 7) is 9.28. The standard InChI is InChI=1S/C29H37N5O3S/c1-5-8-17-37-22-14-12-13-21(19-22)26-25(27(35)31-23-15-10-11-16-24(23)36-7-3)20(4)30-28-32-29(33-34(26)28)38-18-9-6-2/h10-16,19,26H,5-9,17-18H2,1-4H3,(H,31,35)(H,30,32,33). The van der Waals surface area contributed by atoms with E-state index >= 15 is 0 Å². The Bertz CT molecular complexity index is 1270. The van der Waals surface area contributed by atoms with Crippen LogP contribution in [0.15, 0.2) is 65.0 Å². The number of allylic oxidation sites excluding steroid dienone is 1. The van der Waals surface area contributed by atoms with Gasteiger partial charge in [0.15, 0.2) is 0 Å². The molecular weight excluding hydrogens is 498 g/mol. The van der Waals surface area contributed by atoms with Crippen LogP contribution in [0.5, 0.6) is 11.5 Å². The highest BCUT2D eigenvalue weighted by Crippen LogP contribution is 2.38. The van der Waals surface area contributed by atoms with Gasteiger partial charge in [-0.3, -0.25) is 4.79 Å². The van der Waals surface area contributed by atoms with Crippen molar-refractivity contribution in [1.82, 2.24) is 14.8 Å². The van der Waals surface area contributed by atoms with Gasteiger partial charge in [0.1, 0.15) is 17.5 Å². The molecule has 0 saturated carbocycles. The van der Waals surface area contributed by atoms with E-state index in [4.69, 9.17) is 19.6 Å². The summed E-state index contributed by atoms with van der Waals surface area (Å²) in [6.07, 6.45) is 4.24. The lowest BCUT2D eigenvalue weighted by atomic mass is 9.94. The fourth-order valence-corrected chi connectivity index (χ4v) is 5.16. The molecule has 0 aliphatic carbocycles. The predicted molar refractivity (Wildman–Crippen MR) is 153 cm³/mol. The van der Waals surface area contributed by atoms with Gasteiger partial charge in [-0.2, -0.15) is 4.98 Å². The Morgan fingerprint density at radius 3 is 2.68 bits per heavy atom. The zero-order valence-corrected chi connectivity index (χ0v) is 23.4. The van der Waals surface area contributed by atoms with Gasteiger partial charge >= 0.3 is 0 Å². The Morgan fingerprint density at radius 2 is 1.89 bits per heavy atom. The number of ether oxygens (including phenoxy) is 2. The molecule has 1 aromatic heterocycles. The predicted octanol–water partition coefficient (Wildman–Crippen LogP) is 6.68. The lowest BCUT2D eigenvalue weighted by Crippen LogP contribution is -2.31. The average Bonchev–Trinajstić information content (AvgIpc) is 3.31. The van der Waals surface area contributed by atoms with Gasteiger partial charge in [-0.15, -0.1) is 5.10 Å². The zero-order valence-electron chi connectivity index (χ0n) is 22.6. The number of hydrogen-bond donors (Lipinski definition) is 2. The van der Waals surface area contributed by atoms with Gasteiger partial charge in [0, 0.05) is 11.4 Å². The lowest BCUT2D eigenvalue weighted by Gasteiger charge is -2.29. The van der Waals surface area contributed by atoms with Crippen LogP contribution >= 0.6 is 11.8 Å². The van der Waals surface area contributed by atoms with E-state index in [1.807, 2.05) is 67.1 Å². The Hall–Kier alpha value is -3.46. The number of para-hydroxylation sites is 2. The van der Waals surface area contributed by atoms with Crippen molar-refractivity contribution in [2.24, 2.45) is 0 Å². The highest BCUT2D eigenvalue weighted by molar-refractivity contribution is 7.99. The van der Waals surface area contributed by atoms with E-state index in [0.29, 0.717) is 41.3 Å². The van der Waals surface area contributed by atoms with Crippen LogP contribution in [-0.4, -0.2) is 39.6 Å². The number of nitrogens with one attached hydrogen (secondary N) is 2. The van der Waals surface area contributed by atoms with Crippen LogP contribution in [0, 0.1) is 0 Å². The van der Waals surface area contributed by atoms with Gasteiger partial charge < -0.3 is 20.1 Å². The Morgan fingerprint density at radius 1 is 1.08 bits per heavy atom. The summed E-state index contributed by atoms with van der Waals surface area (Å²) < 4.78 is 13.6. The van der Waals surface area contributed by atoms with Gasteiger partial charge in [-0.25, -0.2) is 4.68 Å². The molecule has 0 spiro atoms.